The number of morpholine rings is 1. The molecule has 2 N–H and O–H groups in total. The standard InChI is InChI=1S/C27H33N5O3S/c1-27(2)14-22-23(24(33)30-27)36-26(29-22)32-10-11-35-16-19(32)12-18-15-28-21-7-6-17(13-20(18)21)25(34)31-8-4-3-5-9-31/h6-7,13,15,19,28H,3-5,8-12,14,16H2,1-2H3,(H,30,33)/t19-/m0/s1. The number of amides is 2. The largest absolute Gasteiger partial charge is 0.377 e. The van der Waals surface area contributed by atoms with E-state index in [9.17, 15) is 9.59 Å². The number of nitrogens with one attached hydrogen (secondary N) is 2. The highest BCUT2D eigenvalue weighted by Crippen LogP contribution is 2.34. The van der Waals surface area contributed by atoms with E-state index in [1.807, 2.05) is 36.9 Å². The summed E-state index contributed by atoms with van der Waals surface area (Å²) in [7, 11) is 0. The van der Waals surface area contributed by atoms with Crippen LogP contribution in [0.4, 0.5) is 5.13 Å². The maximum Gasteiger partial charge on any atom is 0.263 e. The molecule has 6 rings (SSSR count). The molecular weight excluding hydrogens is 474 g/mol. The van der Waals surface area contributed by atoms with E-state index >= 15 is 0 Å². The predicted octanol–water partition coefficient (Wildman–Crippen LogP) is 3.76. The number of piperidine rings is 1. The van der Waals surface area contributed by atoms with Crippen molar-refractivity contribution in [2.45, 2.75) is 57.5 Å². The van der Waals surface area contributed by atoms with Crippen molar-refractivity contribution in [2.24, 2.45) is 0 Å². The van der Waals surface area contributed by atoms with E-state index in [2.05, 4.69) is 21.4 Å². The first-order valence-corrected chi connectivity index (χ1v) is 13.8. The number of hydrogen-bond acceptors (Lipinski definition) is 6. The fourth-order valence-electron chi connectivity index (χ4n) is 5.68. The number of hydrogen-bond donors (Lipinski definition) is 2. The third-order valence-corrected chi connectivity index (χ3v) is 8.67. The molecule has 2 amide bonds. The molecule has 8 nitrogen and oxygen atoms in total. The van der Waals surface area contributed by atoms with E-state index in [0.29, 0.717) is 13.2 Å². The SMILES string of the molecule is CC1(C)Cc2nc(N3CCOC[C@@H]3Cc3c[nH]c4ccc(C(=O)N5CCCCC5)cc34)sc2C(=O)N1. The molecule has 36 heavy (non-hydrogen) atoms. The van der Waals surface area contributed by atoms with Gasteiger partial charge in [0.05, 0.1) is 24.9 Å². The van der Waals surface area contributed by atoms with Gasteiger partial charge in [0.2, 0.25) is 0 Å². The molecule has 3 aliphatic rings. The second-order valence-corrected chi connectivity index (χ2v) is 11.8. The van der Waals surface area contributed by atoms with Crippen LogP contribution in [0.15, 0.2) is 24.4 Å². The van der Waals surface area contributed by atoms with Gasteiger partial charge >= 0.3 is 0 Å². The van der Waals surface area contributed by atoms with Crippen molar-refractivity contribution in [2.75, 3.05) is 37.7 Å². The van der Waals surface area contributed by atoms with E-state index in [0.717, 1.165) is 77.5 Å². The molecular formula is C27H33N5O3S. The number of carbonyl (C=O) groups excluding carboxylic acids is 2. The number of aromatic amines is 1. The summed E-state index contributed by atoms with van der Waals surface area (Å²) in [4.78, 5) is 39.1. The molecule has 3 aliphatic heterocycles. The van der Waals surface area contributed by atoms with Gasteiger partial charge in [0, 0.05) is 54.3 Å². The van der Waals surface area contributed by atoms with Gasteiger partial charge in [-0.3, -0.25) is 9.59 Å². The zero-order chi connectivity index (χ0) is 24.9. The van der Waals surface area contributed by atoms with Gasteiger partial charge in [0.25, 0.3) is 11.8 Å². The van der Waals surface area contributed by atoms with Gasteiger partial charge in [0.1, 0.15) is 4.88 Å². The first-order valence-electron chi connectivity index (χ1n) is 12.9. The third kappa shape index (κ3) is 4.39. The second-order valence-electron chi connectivity index (χ2n) is 10.8. The van der Waals surface area contributed by atoms with Gasteiger partial charge in [-0.2, -0.15) is 0 Å². The van der Waals surface area contributed by atoms with Crippen molar-refractivity contribution in [3.8, 4) is 0 Å². The Morgan fingerprint density at radius 3 is 2.89 bits per heavy atom. The van der Waals surface area contributed by atoms with E-state index < -0.39 is 0 Å². The number of nitrogens with zero attached hydrogens (tertiary/aromatic N) is 3. The fourth-order valence-corrected chi connectivity index (χ4v) is 6.75. The summed E-state index contributed by atoms with van der Waals surface area (Å²) in [6.45, 7) is 7.73. The van der Waals surface area contributed by atoms with Crippen LogP contribution in [0.3, 0.4) is 0 Å². The average molecular weight is 508 g/mol. The van der Waals surface area contributed by atoms with Gasteiger partial charge < -0.3 is 24.8 Å². The molecule has 1 atom stereocenters. The Balaban J connectivity index is 1.26. The predicted molar refractivity (Wildman–Crippen MR) is 141 cm³/mol. The molecule has 0 bridgehead atoms. The molecule has 2 fully saturated rings. The zero-order valence-electron chi connectivity index (χ0n) is 20.9. The molecule has 9 heteroatoms. The van der Waals surface area contributed by atoms with Crippen LogP contribution >= 0.6 is 11.3 Å². The van der Waals surface area contributed by atoms with Crippen LogP contribution in [-0.2, 0) is 17.6 Å². The van der Waals surface area contributed by atoms with E-state index in [1.165, 1.54) is 23.3 Å². The monoisotopic (exact) mass is 507 g/mol. The number of H-pyrrole nitrogens is 1. The number of rotatable bonds is 4. The van der Waals surface area contributed by atoms with Crippen molar-refractivity contribution >= 4 is 39.2 Å². The highest BCUT2D eigenvalue weighted by molar-refractivity contribution is 7.17. The van der Waals surface area contributed by atoms with Gasteiger partial charge in [-0.05, 0) is 63.3 Å². The highest BCUT2D eigenvalue weighted by Gasteiger charge is 2.35. The molecule has 0 radical (unpaired) electrons. The molecule has 0 unspecified atom stereocenters. The van der Waals surface area contributed by atoms with Gasteiger partial charge in [-0.15, -0.1) is 0 Å². The topological polar surface area (TPSA) is 90.6 Å². The molecule has 2 aromatic heterocycles. The number of fused-ring (bicyclic) bond motifs is 2. The number of anilines is 1. The van der Waals surface area contributed by atoms with Gasteiger partial charge in [-0.25, -0.2) is 4.98 Å². The maximum absolute atomic E-state index is 13.1. The Bertz CT molecular complexity index is 1310. The lowest BCUT2D eigenvalue weighted by Crippen LogP contribution is -2.48. The number of likely N-dealkylation sites (tertiary alicyclic amines) is 1. The Kier molecular flexibility index (Phi) is 6.00. The number of benzene rings is 1. The van der Waals surface area contributed by atoms with E-state index in [4.69, 9.17) is 9.72 Å². The van der Waals surface area contributed by atoms with Crippen LogP contribution in [0, 0.1) is 0 Å². The van der Waals surface area contributed by atoms with Gasteiger partial charge in [-0.1, -0.05) is 11.3 Å². The van der Waals surface area contributed by atoms with E-state index in [1.54, 1.807) is 0 Å². The first-order chi connectivity index (χ1) is 17.4. The summed E-state index contributed by atoms with van der Waals surface area (Å²) in [6.07, 6.45) is 6.92. The maximum atomic E-state index is 13.1. The normalized spacial score (nSPS) is 21.9. The Morgan fingerprint density at radius 1 is 1.22 bits per heavy atom. The minimum atomic E-state index is -0.285. The molecule has 1 aromatic carbocycles. The summed E-state index contributed by atoms with van der Waals surface area (Å²) < 4.78 is 5.88. The lowest BCUT2D eigenvalue weighted by atomic mass is 9.94. The van der Waals surface area contributed by atoms with Crippen molar-refractivity contribution < 1.29 is 14.3 Å². The van der Waals surface area contributed by atoms with Crippen molar-refractivity contribution in [1.82, 2.24) is 20.2 Å². The number of aromatic nitrogens is 2. The quantitative estimate of drug-likeness (QED) is 0.561. The van der Waals surface area contributed by atoms with E-state index in [-0.39, 0.29) is 23.4 Å². The Hall–Kier alpha value is -2.91. The van der Waals surface area contributed by atoms with Crippen molar-refractivity contribution in [3.05, 3.63) is 46.1 Å². The summed E-state index contributed by atoms with van der Waals surface area (Å²) in [5, 5.41) is 5.06. The first kappa shape index (κ1) is 23.5. The Morgan fingerprint density at radius 2 is 2.06 bits per heavy atom. The molecule has 0 spiro atoms. The molecule has 0 aliphatic carbocycles. The molecule has 5 heterocycles. The van der Waals surface area contributed by atoms with Gasteiger partial charge in [0.15, 0.2) is 5.13 Å². The summed E-state index contributed by atoms with van der Waals surface area (Å²) in [5.41, 5.74) is 3.56. The zero-order valence-corrected chi connectivity index (χ0v) is 21.7. The van der Waals surface area contributed by atoms with Crippen LogP contribution in [0.5, 0.6) is 0 Å². The molecule has 3 aromatic rings. The number of thiazole rings is 1. The van der Waals surface area contributed by atoms with Crippen LogP contribution in [0.1, 0.15) is 64.4 Å². The summed E-state index contributed by atoms with van der Waals surface area (Å²) >= 11 is 1.48. The van der Waals surface area contributed by atoms with Crippen LogP contribution in [0.2, 0.25) is 0 Å². The van der Waals surface area contributed by atoms with Crippen LogP contribution in [-0.4, -0.2) is 71.1 Å². The lowest BCUT2D eigenvalue weighted by Gasteiger charge is -2.35. The smallest absolute Gasteiger partial charge is 0.263 e. The number of ether oxygens (including phenoxy) is 1. The molecule has 0 saturated carbocycles. The molecule has 2 saturated heterocycles. The summed E-state index contributed by atoms with van der Waals surface area (Å²) in [5.74, 6) is 0.0956. The third-order valence-electron chi connectivity index (χ3n) is 7.54. The minimum Gasteiger partial charge on any atom is -0.377 e. The van der Waals surface area contributed by atoms with Crippen molar-refractivity contribution in [1.29, 1.82) is 0 Å². The summed E-state index contributed by atoms with van der Waals surface area (Å²) in [6, 6.07) is 6.09. The van der Waals surface area contributed by atoms with Crippen LogP contribution in [0.25, 0.3) is 10.9 Å². The van der Waals surface area contributed by atoms with Crippen molar-refractivity contribution in [3.63, 3.8) is 0 Å². The minimum absolute atomic E-state index is 0.0302. The lowest BCUT2D eigenvalue weighted by molar-refractivity contribution is 0.0724. The Labute approximate surface area is 215 Å². The fraction of sp³-hybridized carbons (Fsp3) is 0.519. The van der Waals surface area contributed by atoms with Crippen LogP contribution < -0.4 is 10.2 Å². The second kappa shape index (κ2) is 9.19. The molecule has 190 valence electrons. The highest BCUT2D eigenvalue weighted by atomic mass is 32.1. The number of carbonyl (C=O) groups is 2. The average Bonchev–Trinajstić information content (AvgIpc) is 3.48.